The highest BCUT2D eigenvalue weighted by Crippen LogP contribution is 2.35. The van der Waals surface area contributed by atoms with Crippen LogP contribution >= 0.6 is 27.5 Å². The minimum atomic E-state index is -0.680. The Morgan fingerprint density at radius 1 is 1.23 bits per heavy atom. The molecule has 3 rings (SSSR count). The van der Waals surface area contributed by atoms with Crippen molar-refractivity contribution in [1.82, 2.24) is 0 Å². The molecular weight excluding hydrogens is 488 g/mol. The maximum absolute atomic E-state index is 12.5. The maximum Gasteiger partial charge on any atom is 0.311 e. The predicted molar refractivity (Wildman–Crippen MR) is 122 cm³/mol. The van der Waals surface area contributed by atoms with Crippen molar-refractivity contribution in [1.29, 1.82) is 0 Å². The second-order valence-electron chi connectivity index (χ2n) is 7.29. The van der Waals surface area contributed by atoms with Crippen LogP contribution in [0.2, 0.25) is 5.02 Å². The van der Waals surface area contributed by atoms with Crippen molar-refractivity contribution in [2.45, 2.75) is 20.3 Å². The van der Waals surface area contributed by atoms with Crippen molar-refractivity contribution in [2.24, 2.45) is 5.92 Å². The van der Waals surface area contributed by atoms with Crippen LogP contribution in [0.25, 0.3) is 0 Å². The molecule has 31 heavy (non-hydrogen) atoms. The quantitative estimate of drug-likeness (QED) is 0.588. The van der Waals surface area contributed by atoms with Crippen LogP contribution in [-0.2, 0) is 19.1 Å². The largest absolute Gasteiger partial charge is 0.495 e. The summed E-state index contributed by atoms with van der Waals surface area (Å²) in [4.78, 5) is 38.6. The SMILES string of the molecule is COc1ccc(Cl)cc1N1C[C@H](C(=O)OCC(=O)Nc2cc(C)c(Br)cc2C)CC1=O. The molecule has 2 amide bonds. The van der Waals surface area contributed by atoms with Crippen LogP contribution in [-0.4, -0.2) is 38.0 Å². The number of esters is 1. The number of hydrogen-bond acceptors (Lipinski definition) is 5. The molecule has 1 atom stereocenters. The van der Waals surface area contributed by atoms with Gasteiger partial charge in [-0.2, -0.15) is 0 Å². The molecule has 1 N–H and O–H groups in total. The first kappa shape index (κ1) is 23.1. The van der Waals surface area contributed by atoms with Gasteiger partial charge in [-0.25, -0.2) is 0 Å². The van der Waals surface area contributed by atoms with E-state index in [4.69, 9.17) is 21.1 Å². The van der Waals surface area contributed by atoms with Gasteiger partial charge in [-0.1, -0.05) is 27.5 Å². The first-order valence-electron chi connectivity index (χ1n) is 9.56. The van der Waals surface area contributed by atoms with Crippen LogP contribution < -0.4 is 15.0 Å². The fourth-order valence-electron chi connectivity index (χ4n) is 3.33. The Kier molecular flexibility index (Phi) is 7.23. The van der Waals surface area contributed by atoms with E-state index < -0.39 is 24.4 Å². The Morgan fingerprint density at radius 3 is 2.68 bits per heavy atom. The molecular formula is C22H22BrClN2O5. The summed E-state index contributed by atoms with van der Waals surface area (Å²) in [5.74, 6) is -1.49. The molecule has 2 aromatic carbocycles. The fraction of sp³-hybridized carbons (Fsp3) is 0.318. The first-order chi connectivity index (χ1) is 14.7. The van der Waals surface area contributed by atoms with Gasteiger partial charge in [0, 0.05) is 28.1 Å². The third-order valence-corrected chi connectivity index (χ3v) is 6.10. The van der Waals surface area contributed by atoms with Crippen LogP contribution in [0.3, 0.4) is 0 Å². The highest BCUT2D eigenvalue weighted by molar-refractivity contribution is 9.10. The Morgan fingerprint density at radius 2 is 1.97 bits per heavy atom. The number of carbonyl (C=O) groups is 3. The van der Waals surface area contributed by atoms with Crippen LogP contribution in [0.1, 0.15) is 17.5 Å². The predicted octanol–water partition coefficient (Wildman–Crippen LogP) is 4.26. The number of methoxy groups -OCH3 is 1. The summed E-state index contributed by atoms with van der Waals surface area (Å²) in [6, 6.07) is 8.67. The lowest BCUT2D eigenvalue weighted by Gasteiger charge is -2.19. The number of nitrogens with zero attached hydrogens (tertiary/aromatic N) is 1. The van der Waals surface area contributed by atoms with E-state index in [1.807, 2.05) is 26.0 Å². The highest BCUT2D eigenvalue weighted by Gasteiger charge is 2.37. The molecule has 0 radical (unpaired) electrons. The number of anilines is 2. The summed E-state index contributed by atoms with van der Waals surface area (Å²) in [7, 11) is 1.49. The molecule has 0 aromatic heterocycles. The Labute approximate surface area is 193 Å². The van der Waals surface area contributed by atoms with Gasteiger partial charge in [-0.3, -0.25) is 14.4 Å². The number of nitrogens with one attached hydrogen (secondary N) is 1. The molecule has 1 fully saturated rings. The minimum absolute atomic E-state index is 0.0128. The number of hydrogen-bond donors (Lipinski definition) is 1. The molecule has 1 aliphatic heterocycles. The smallest absolute Gasteiger partial charge is 0.311 e. The molecule has 1 heterocycles. The normalized spacial score (nSPS) is 15.7. The molecule has 0 spiro atoms. The second kappa shape index (κ2) is 9.70. The second-order valence-corrected chi connectivity index (χ2v) is 8.58. The van der Waals surface area contributed by atoms with E-state index in [-0.39, 0.29) is 18.9 Å². The third-order valence-electron chi connectivity index (χ3n) is 5.02. The van der Waals surface area contributed by atoms with E-state index in [0.717, 1.165) is 15.6 Å². The number of halogens is 2. The molecule has 0 saturated carbocycles. The van der Waals surface area contributed by atoms with Gasteiger partial charge in [-0.15, -0.1) is 0 Å². The molecule has 9 heteroatoms. The van der Waals surface area contributed by atoms with Crippen molar-refractivity contribution >= 4 is 56.7 Å². The lowest BCUT2D eigenvalue weighted by molar-refractivity contribution is -0.151. The molecule has 1 saturated heterocycles. The van der Waals surface area contributed by atoms with Crippen molar-refractivity contribution in [3.63, 3.8) is 0 Å². The molecule has 0 aliphatic carbocycles. The van der Waals surface area contributed by atoms with Crippen molar-refractivity contribution in [2.75, 3.05) is 30.5 Å². The van der Waals surface area contributed by atoms with E-state index in [9.17, 15) is 14.4 Å². The van der Waals surface area contributed by atoms with Crippen molar-refractivity contribution < 1.29 is 23.9 Å². The summed E-state index contributed by atoms with van der Waals surface area (Å²) < 4.78 is 11.4. The van der Waals surface area contributed by atoms with Gasteiger partial charge < -0.3 is 19.7 Å². The molecule has 1 aliphatic rings. The monoisotopic (exact) mass is 508 g/mol. The Bertz CT molecular complexity index is 1040. The fourth-order valence-corrected chi connectivity index (χ4v) is 3.95. The summed E-state index contributed by atoms with van der Waals surface area (Å²) in [5.41, 5.74) is 3.00. The van der Waals surface area contributed by atoms with Crippen LogP contribution in [0.15, 0.2) is 34.8 Å². The summed E-state index contributed by atoms with van der Waals surface area (Å²) in [5, 5.41) is 3.19. The number of carbonyl (C=O) groups excluding carboxylic acids is 3. The van der Waals surface area contributed by atoms with E-state index in [2.05, 4.69) is 21.2 Å². The average Bonchev–Trinajstić information content (AvgIpc) is 3.11. The average molecular weight is 510 g/mol. The van der Waals surface area contributed by atoms with Crippen molar-refractivity contribution in [3.05, 3.63) is 51.0 Å². The third kappa shape index (κ3) is 5.37. The van der Waals surface area contributed by atoms with E-state index in [1.54, 1.807) is 18.2 Å². The van der Waals surface area contributed by atoms with Gasteiger partial charge in [0.2, 0.25) is 5.91 Å². The van der Waals surface area contributed by atoms with Gasteiger partial charge >= 0.3 is 5.97 Å². The van der Waals surface area contributed by atoms with Gasteiger partial charge in [0.05, 0.1) is 18.7 Å². The van der Waals surface area contributed by atoms with Crippen molar-refractivity contribution in [3.8, 4) is 5.75 Å². The topological polar surface area (TPSA) is 84.9 Å². The van der Waals surface area contributed by atoms with E-state index in [1.165, 1.54) is 12.0 Å². The zero-order valence-corrected chi connectivity index (χ0v) is 19.7. The number of ether oxygens (including phenoxy) is 2. The number of aryl methyl sites for hydroxylation is 2. The van der Waals surface area contributed by atoms with E-state index in [0.29, 0.717) is 22.1 Å². The van der Waals surface area contributed by atoms with Crippen LogP contribution in [0, 0.1) is 19.8 Å². The van der Waals surface area contributed by atoms with Crippen LogP contribution in [0.4, 0.5) is 11.4 Å². The Balaban J connectivity index is 1.59. The summed E-state index contributed by atoms with van der Waals surface area (Å²) in [6.45, 7) is 3.48. The van der Waals surface area contributed by atoms with Gasteiger partial charge in [0.25, 0.3) is 5.91 Å². The maximum atomic E-state index is 12.5. The summed E-state index contributed by atoms with van der Waals surface area (Å²) >= 11 is 9.49. The zero-order chi connectivity index (χ0) is 22.7. The standard InChI is InChI=1S/C22H22BrClN2O5/c1-12-7-17(13(2)6-16(12)23)25-20(27)11-31-22(29)14-8-21(28)26(10-14)18-9-15(24)4-5-19(18)30-3/h4-7,9,14H,8,10-11H2,1-3H3,(H,25,27)/t14-/m1/s1. The number of amides is 2. The lowest BCUT2D eigenvalue weighted by atomic mass is 10.1. The first-order valence-corrected chi connectivity index (χ1v) is 10.7. The molecule has 0 bridgehead atoms. The van der Waals surface area contributed by atoms with E-state index >= 15 is 0 Å². The zero-order valence-electron chi connectivity index (χ0n) is 17.3. The summed E-state index contributed by atoms with van der Waals surface area (Å²) in [6.07, 6.45) is -0.0128. The molecule has 2 aromatic rings. The number of rotatable bonds is 6. The van der Waals surface area contributed by atoms with Gasteiger partial charge in [0.15, 0.2) is 6.61 Å². The minimum Gasteiger partial charge on any atom is -0.495 e. The van der Waals surface area contributed by atoms with Crippen LogP contribution in [0.5, 0.6) is 5.75 Å². The van der Waals surface area contributed by atoms with Gasteiger partial charge in [-0.05, 0) is 55.3 Å². The van der Waals surface area contributed by atoms with Gasteiger partial charge in [0.1, 0.15) is 5.75 Å². The molecule has 164 valence electrons. The molecule has 0 unspecified atom stereocenters. The molecule has 7 nitrogen and oxygen atoms in total. The Hall–Kier alpha value is -2.58. The highest BCUT2D eigenvalue weighted by atomic mass is 79.9. The lowest BCUT2D eigenvalue weighted by Crippen LogP contribution is -2.28. The number of benzene rings is 2.